The van der Waals surface area contributed by atoms with E-state index in [2.05, 4.69) is 0 Å². The Balaban J connectivity index is 2.11. The topological polar surface area (TPSA) is 119 Å². The van der Waals surface area contributed by atoms with E-state index in [1.54, 1.807) is 31.2 Å². The molecule has 0 fully saturated rings. The number of anilines is 1. The van der Waals surface area contributed by atoms with Gasteiger partial charge in [-0.1, -0.05) is 12.1 Å². The smallest absolute Gasteiger partial charge is 0.340 e. The van der Waals surface area contributed by atoms with E-state index in [1.165, 1.54) is 36.3 Å². The predicted molar refractivity (Wildman–Crippen MR) is 103 cm³/mol. The second kappa shape index (κ2) is 8.01. The van der Waals surface area contributed by atoms with Crippen LogP contribution in [0, 0.1) is 10.1 Å². The maximum absolute atomic E-state index is 12.8. The third-order valence-electron chi connectivity index (χ3n) is 4.47. The molecule has 0 aliphatic carbocycles. The second-order valence-electron chi connectivity index (χ2n) is 6.11. The molecule has 0 aromatic heterocycles. The van der Waals surface area contributed by atoms with E-state index in [4.69, 9.17) is 9.47 Å². The van der Waals surface area contributed by atoms with E-state index in [0.717, 1.165) is 0 Å². The van der Waals surface area contributed by atoms with Crippen LogP contribution in [0.15, 0.2) is 59.9 Å². The molecule has 0 saturated carbocycles. The van der Waals surface area contributed by atoms with Crippen molar-refractivity contribution >= 4 is 23.3 Å². The number of nitrogens with zero attached hydrogens (tertiary/aromatic N) is 2. The zero-order chi connectivity index (χ0) is 21.1. The van der Waals surface area contributed by atoms with Gasteiger partial charge in [-0.25, -0.2) is 4.79 Å². The fraction of sp³-hybridized carbons (Fsp3) is 0.200. The molecule has 0 bridgehead atoms. The molecule has 150 valence electrons. The molecule has 9 nitrogen and oxygen atoms in total. The van der Waals surface area contributed by atoms with E-state index in [0.29, 0.717) is 11.3 Å². The minimum absolute atomic E-state index is 0.0661. The van der Waals surface area contributed by atoms with Gasteiger partial charge < -0.3 is 14.6 Å². The van der Waals surface area contributed by atoms with Crippen molar-refractivity contribution in [3.8, 4) is 5.75 Å². The molecule has 0 unspecified atom stereocenters. The molecule has 1 aliphatic heterocycles. The molecule has 1 aliphatic rings. The number of aliphatic hydroxyl groups excluding tert-OH is 1. The summed E-state index contributed by atoms with van der Waals surface area (Å²) >= 11 is 0. The lowest BCUT2D eigenvalue weighted by atomic mass is 9.98. The van der Waals surface area contributed by atoms with Gasteiger partial charge in [0, 0.05) is 17.8 Å². The maximum Gasteiger partial charge on any atom is 0.340 e. The zero-order valence-corrected chi connectivity index (χ0v) is 15.7. The fourth-order valence-corrected chi connectivity index (χ4v) is 3.13. The second-order valence-corrected chi connectivity index (χ2v) is 6.11. The van der Waals surface area contributed by atoms with Crippen molar-refractivity contribution in [2.75, 3.05) is 18.6 Å². The van der Waals surface area contributed by atoms with Crippen molar-refractivity contribution in [3.63, 3.8) is 0 Å². The van der Waals surface area contributed by atoms with Crippen molar-refractivity contribution in [1.29, 1.82) is 0 Å². The molecule has 3 rings (SSSR count). The summed E-state index contributed by atoms with van der Waals surface area (Å²) < 4.78 is 10.2. The number of non-ortho nitro benzene ring substituents is 1. The van der Waals surface area contributed by atoms with E-state index < -0.39 is 28.6 Å². The standard InChI is InChI=1S/C20H18N2O7/c1-3-29-20(25)16-17(12-4-10-15(28-2)11-5-12)21(19(24)18(16)23)13-6-8-14(9-7-13)22(26)27/h4-11,17,23H,3H2,1-2H3/t17-/m0/s1. The summed E-state index contributed by atoms with van der Waals surface area (Å²) in [7, 11) is 1.51. The largest absolute Gasteiger partial charge is 0.503 e. The van der Waals surface area contributed by atoms with E-state index in [9.17, 15) is 24.8 Å². The van der Waals surface area contributed by atoms with Crippen LogP contribution < -0.4 is 9.64 Å². The Bertz CT molecular complexity index is 981. The van der Waals surface area contributed by atoms with E-state index >= 15 is 0 Å². The van der Waals surface area contributed by atoms with E-state index in [1.807, 2.05) is 0 Å². The van der Waals surface area contributed by atoms with Gasteiger partial charge in [-0.2, -0.15) is 0 Å². The maximum atomic E-state index is 12.8. The lowest BCUT2D eigenvalue weighted by Crippen LogP contribution is -2.31. The summed E-state index contributed by atoms with van der Waals surface area (Å²) in [6.07, 6.45) is 0. The summed E-state index contributed by atoms with van der Waals surface area (Å²) in [6.45, 7) is 1.68. The normalized spacial score (nSPS) is 16.1. The van der Waals surface area contributed by atoms with Gasteiger partial charge in [0.15, 0.2) is 5.76 Å². The Morgan fingerprint density at radius 1 is 1.17 bits per heavy atom. The van der Waals surface area contributed by atoms with Gasteiger partial charge in [-0.3, -0.25) is 19.8 Å². The third-order valence-corrected chi connectivity index (χ3v) is 4.47. The highest BCUT2D eigenvalue weighted by Gasteiger charge is 2.45. The number of benzene rings is 2. The summed E-state index contributed by atoms with van der Waals surface area (Å²) in [4.78, 5) is 36.9. The monoisotopic (exact) mass is 398 g/mol. The molecule has 29 heavy (non-hydrogen) atoms. The van der Waals surface area contributed by atoms with Crippen molar-refractivity contribution in [2.24, 2.45) is 0 Å². The Hall–Kier alpha value is -3.88. The van der Waals surface area contributed by atoms with Crippen LogP contribution in [0.5, 0.6) is 5.75 Å². The summed E-state index contributed by atoms with van der Waals surface area (Å²) in [5, 5.41) is 21.3. The lowest BCUT2D eigenvalue weighted by Gasteiger charge is -2.26. The van der Waals surface area contributed by atoms with Gasteiger partial charge in [0.25, 0.3) is 11.6 Å². The van der Waals surface area contributed by atoms with Crippen LogP contribution in [-0.2, 0) is 14.3 Å². The third kappa shape index (κ3) is 3.62. The molecule has 2 aromatic rings. The zero-order valence-electron chi connectivity index (χ0n) is 15.7. The number of hydrogen-bond acceptors (Lipinski definition) is 7. The minimum Gasteiger partial charge on any atom is -0.503 e. The average Bonchev–Trinajstić information content (AvgIpc) is 2.99. The van der Waals surface area contributed by atoms with Crippen LogP contribution in [0.4, 0.5) is 11.4 Å². The highest BCUT2D eigenvalue weighted by molar-refractivity contribution is 6.15. The van der Waals surface area contributed by atoms with Gasteiger partial charge in [0.1, 0.15) is 11.3 Å². The Labute approximate surface area is 165 Å². The fourth-order valence-electron chi connectivity index (χ4n) is 3.13. The van der Waals surface area contributed by atoms with Crippen molar-refractivity contribution in [3.05, 3.63) is 75.5 Å². The summed E-state index contributed by atoms with van der Waals surface area (Å²) in [6, 6.07) is 10.9. The Morgan fingerprint density at radius 2 is 1.79 bits per heavy atom. The predicted octanol–water partition coefficient (Wildman–Crippen LogP) is 3.07. The van der Waals surface area contributed by atoms with Gasteiger partial charge in [0.05, 0.1) is 24.7 Å². The molecule has 1 heterocycles. The van der Waals surface area contributed by atoms with Crippen LogP contribution in [0.25, 0.3) is 0 Å². The molecule has 1 atom stereocenters. The van der Waals surface area contributed by atoms with Crippen LogP contribution in [0.2, 0.25) is 0 Å². The number of ether oxygens (including phenoxy) is 2. The number of nitro groups is 1. The van der Waals surface area contributed by atoms with Gasteiger partial charge in [-0.15, -0.1) is 0 Å². The lowest BCUT2D eigenvalue weighted by molar-refractivity contribution is -0.384. The number of esters is 1. The number of rotatable bonds is 6. The molecule has 0 radical (unpaired) electrons. The average molecular weight is 398 g/mol. The number of hydrogen-bond donors (Lipinski definition) is 1. The Kier molecular flexibility index (Phi) is 5.49. The number of aliphatic hydroxyl groups is 1. The number of nitro benzene ring substituents is 1. The first-order chi connectivity index (χ1) is 13.9. The first-order valence-electron chi connectivity index (χ1n) is 8.71. The van der Waals surface area contributed by atoms with E-state index in [-0.39, 0.29) is 23.6 Å². The molecule has 1 N–H and O–H groups in total. The summed E-state index contributed by atoms with van der Waals surface area (Å²) in [5.41, 5.74) is 0.474. The molecule has 0 saturated heterocycles. The first kappa shape index (κ1) is 19.9. The van der Waals surface area contributed by atoms with Crippen LogP contribution >= 0.6 is 0 Å². The van der Waals surface area contributed by atoms with Gasteiger partial charge >= 0.3 is 5.97 Å². The molecular weight excluding hydrogens is 380 g/mol. The van der Waals surface area contributed by atoms with Gasteiger partial charge in [0.2, 0.25) is 0 Å². The molecular formula is C20H18N2O7. The SMILES string of the molecule is CCOC(=O)C1=C(O)C(=O)N(c2ccc([N+](=O)[O-])cc2)[C@H]1c1ccc(OC)cc1. The summed E-state index contributed by atoms with van der Waals surface area (Å²) in [5.74, 6) is -1.76. The quantitative estimate of drug-likeness (QED) is 0.451. The van der Waals surface area contributed by atoms with Crippen molar-refractivity contribution in [1.82, 2.24) is 0 Å². The minimum atomic E-state index is -0.964. The highest BCUT2D eigenvalue weighted by Crippen LogP contribution is 2.41. The molecule has 9 heteroatoms. The molecule has 1 amide bonds. The van der Waals surface area contributed by atoms with Gasteiger partial charge in [-0.05, 0) is 36.8 Å². The van der Waals surface area contributed by atoms with Crippen LogP contribution in [-0.4, -0.2) is 35.6 Å². The Morgan fingerprint density at radius 3 is 2.31 bits per heavy atom. The number of methoxy groups -OCH3 is 1. The number of carbonyl (C=O) groups is 2. The van der Waals surface area contributed by atoms with Crippen LogP contribution in [0.1, 0.15) is 18.5 Å². The highest BCUT2D eigenvalue weighted by atomic mass is 16.6. The van der Waals surface area contributed by atoms with Crippen molar-refractivity contribution in [2.45, 2.75) is 13.0 Å². The first-order valence-corrected chi connectivity index (χ1v) is 8.71. The molecule has 2 aromatic carbocycles. The van der Waals surface area contributed by atoms with Crippen LogP contribution in [0.3, 0.4) is 0 Å². The molecule has 0 spiro atoms. The number of carbonyl (C=O) groups excluding carboxylic acids is 2. The number of amides is 1. The van der Waals surface area contributed by atoms with Crippen molar-refractivity contribution < 1.29 is 29.1 Å².